The molecule has 4 nitrogen and oxygen atoms in total. The summed E-state index contributed by atoms with van der Waals surface area (Å²) in [5.41, 5.74) is 0. The van der Waals surface area contributed by atoms with Crippen LogP contribution in [0.2, 0.25) is 0 Å². The molecule has 68 valence electrons. The Morgan fingerprint density at radius 1 is 1.54 bits per heavy atom. The van der Waals surface area contributed by atoms with E-state index in [4.69, 9.17) is 0 Å². The first kappa shape index (κ1) is 8.71. The van der Waals surface area contributed by atoms with Crippen LogP contribution in [0.4, 0.5) is 0 Å². The molecule has 2 rings (SSSR count). The average molecular weight is 212 g/mol. The van der Waals surface area contributed by atoms with Gasteiger partial charge in [-0.2, -0.15) is 4.37 Å². The number of imidazole rings is 1. The monoisotopic (exact) mass is 212 g/mol. The Morgan fingerprint density at radius 2 is 2.38 bits per heavy atom. The smallest absolute Gasteiger partial charge is 0.177 e. The third kappa shape index (κ3) is 1.89. The zero-order chi connectivity index (χ0) is 9.26. The van der Waals surface area contributed by atoms with Crippen molar-refractivity contribution in [3.05, 3.63) is 18.2 Å². The van der Waals surface area contributed by atoms with Gasteiger partial charge in [0.2, 0.25) is 0 Å². The molecule has 6 heteroatoms. The first-order valence-corrected chi connectivity index (χ1v) is 5.30. The largest absolute Gasteiger partial charge is 0.329 e. The van der Waals surface area contributed by atoms with Gasteiger partial charge in [-0.05, 0) is 30.2 Å². The number of rotatable bonds is 2. The molecule has 0 saturated heterocycles. The molecule has 0 spiro atoms. The van der Waals surface area contributed by atoms with Crippen molar-refractivity contribution in [1.29, 1.82) is 0 Å². The van der Waals surface area contributed by atoms with Gasteiger partial charge < -0.3 is 4.57 Å². The standard InChI is InChI=1S/C7H8N4S2/c1-5-9-7(13-10-5)12-6-8-3-4-11(6)2/h3-4H,1-2H3. The fourth-order valence-electron chi connectivity index (χ4n) is 0.848. The first-order chi connectivity index (χ1) is 6.25. The quantitative estimate of drug-likeness (QED) is 0.760. The molecule has 2 aromatic heterocycles. The molecular weight excluding hydrogens is 204 g/mol. The van der Waals surface area contributed by atoms with Gasteiger partial charge in [0.15, 0.2) is 9.50 Å². The summed E-state index contributed by atoms with van der Waals surface area (Å²) in [6.45, 7) is 1.89. The van der Waals surface area contributed by atoms with Crippen LogP contribution >= 0.6 is 23.3 Å². The highest BCUT2D eigenvalue weighted by Gasteiger charge is 2.05. The van der Waals surface area contributed by atoms with Crippen LogP contribution in [0.1, 0.15) is 5.82 Å². The summed E-state index contributed by atoms with van der Waals surface area (Å²) in [6, 6.07) is 0. The van der Waals surface area contributed by atoms with Gasteiger partial charge in [-0.25, -0.2) is 9.97 Å². The van der Waals surface area contributed by atoms with Crippen LogP contribution in [0.25, 0.3) is 0 Å². The highest BCUT2D eigenvalue weighted by Crippen LogP contribution is 2.26. The Labute approximate surface area is 84.2 Å². The summed E-state index contributed by atoms with van der Waals surface area (Å²) in [5, 5.41) is 0.941. The third-order valence-electron chi connectivity index (χ3n) is 1.46. The van der Waals surface area contributed by atoms with Crippen LogP contribution in [-0.4, -0.2) is 18.9 Å². The fourth-order valence-corrected chi connectivity index (χ4v) is 2.41. The molecule has 0 aromatic carbocycles. The van der Waals surface area contributed by atoms with E-state index in [0.29, 0.717) is 0 Å². The van der Waals surface area contributed by atoms with E-state index in [1.807, 2.05) is 24.7 Å². The molecule has 13 heavy (non-hydrogen) atoms. The summed E-state index contributed by atoms with van der Waals surface area (Å²) in [4.78, 5) is 8.43. The van der Waals surface area contributed by atoms with Gasteiger partial charge in [0.1, 0.15) is 5.82 Å². The molecule has 0 amide bonds. The van der Waals surface area contributed by atoms with Gasteiger partial charge in [-0.1, -0.05) is 0 Å². The van der Waals surface area contributed by atoms with Crippen molar-refractivity contribution >= 4 is 23.3 Å². The van der Waals surface area contributed by atoms with E-state index in [9.17, 15) is 0 Å². The molecule has 0 aliphatic rings. The van der Waals surface area contributed by atoms with Crippen molar-refractivity contribution in [2.75, 3.05) is 0 Å². The lowest BCUT2D eigenvalue weighted by Crippen LogP contribution is -1.87. The summed E-state index contributed by atoms with van der Waals surface area (Å²) in [5.74, 6) is 0.821. The maximum atomic E-state index is 4.24. The summed E-state index contributed by atoms with van der Waals surface area (Å²) >= 11 is 2.94. The minimum absolute atomic E-state index is 0.821. The van der Waals surface area contributed by atoms with Crippen LogP contribution in [0, 0.1) is 6.92 Å². The van der Waals surface area contributed by atoms with Crippen molar-refractivity contribution in [3.8, 4) is 0 Å². The van der Waals surface area contributed by atoms with Crippen molar-refractivity contribution in [2.24, 2.45) is 7.05 Å². The maximum Gasteiger partial charge on any atom is 0.177 e. The first-order valence-electron chi connectivity index (χ1n) is 3.71. The summed E-state index contributed by atoms with van der Waals surface area (Å²) in [6.07, 6.45) is 3.69. The van der Waals surface area contributed by atoms with Gasteiger partial charge in [-0.15, -0.1) is 0 Å². The second-order valence-corrected chi connectivity index (χ2v) is 4.50. The van der Waals surface area contributed by atoms with E-state index in [2.05, 4.69) is 14.3 Å². The Kier molecular flexibility index (Phi) is 2.32. The van der Waals surface area contributed by atoms with Gasteiger partial charge >= 0.3 is 0 Å². The molecule has 0 aliphatic carbocycles. The molecule has 0 bridgehead atoms. The molecule has 0 unspecified atom stereocenters. The topological polar surface area (TPSA) is 43.6 Å². The van der Waals surface area contributed by atoms with E-state index >= 15 is 0 Å². The van der Waals surface area contributed by atoms with Crippen molar-refractivity contribution in [2.45, 2.75) is 16.4 Å². The lowest BCUT2D eigenvalue weighted by molar-refractivity contribution is 0.789. The minimum atomic E-state index is 0.821. The van der Waals surface area contributed by atoms with Crippen LogP contribution in [-0.2, 0) is 7.05 Å². The van der Waals surface area contributed by atoms with E-state index in [1.165, 1.54) is 23.3 Å². The highest BCUT2D eigenvalue weighted by atomic mass is 32.2. The lowest BCUT2D eigenvalue weighted by Gasteiger charge is -1.95. The van der Waals surface area contributed by atoms with Gasteiger partial charge in [0, 0.05) is 19.4 Å². The molecule has 0 saturated carbocycles. The second-order valence-electron chi connectivity index (χ2n) is 2.53. The number of aryl methyl sites for hydroxylation is 2. The summed E-state index contributed by atoms with van der Waals surface area (Å²) in [7, 11) is 1.96. The van der Waals surface area contributed by atoms with Crippen molar-refractivity contribution in [3.63, 3.8) is 0 Å². The predicted molar refractivity (Wildman–Crippen MR) is 52.0 cm³/mol. The molecule has 0 atom stereocenters. The Balaban J connectivity index is 2.19. The Hall–Kier alpha value is -0.880. The van der Waals surface area contributed by atoms with E-state index < -0.39 is 0 Å². The second kappa shape index (κ2) is 3.47. The zero-order valence-corrected chi connectivity index (χ0v) is 8.89. The normalized spacial score (nSPS) is 10.6. The Morgan fingerprint density at radius 3 is 2.92 bits per heavy atom. The molecule has 2 aromatic rings. The van der Waals surface area contributed by atoms with Crippen molar-refractivity contribution < 1.29 is 0 Å². The average Bonchev–Trinajstić information content (AvgIpc) is 2.64. The molecule has 0 N–H and O–H groups in total. The SMILES string of the molecule is Cc1nsc(Sc2nccn2C)n1. The van der Waals surface area contributed by atoms with Crippen LogP contribution in [0.15, 0.2) is 21.9 Å². The molecule has 0 aliphatic heterocycles. The number of hydrogen-bond acceptors (Lipinski definition) is 5. The minimum Gasteiger partial charge on any atom is -0.329 e. The Bertz CT molecular complexity index is 406. The maximum absolute atomic E-state index is 4.24. The zero-order valence-electron chi connectivity index (χ0n) is 7.26. The summed E-state index contributed by atoms with van der Waals surface area (Å²) < 4.78 is 7.00. The molecule has 2 heterocycles. The fraction of sp³-hybridized carbons (Fsp3) is 0.286. The molecule has 0 radical (unpaired) electrons. The third-order valence-corrected chi connectivity index (χ3v) is 3.38. The van der Waals surface area contributed by atoms with Crippen LogP contribution in [0.5, 0.6) is 0 Å². The van der Waals surface area contributed by atoms with Crippen LogP contribution in [0.3, 0.4) is 0 Å². The number of nitrogens with zero attached hydrogens (tertiary/aromatic N) is 4. The number of hydrogen-bond donors (Lipinski definition) is 0. The van der Waals surface area contributed by atoms with Gasteiger partial charge in [0.25, 0.3) is 0 Å². The molecular formula is C7H8N4S2. The van der Waals surface area contributed by atoms with E-state index in [0.717, 1.165) is 15.3 Å². The van der Waals surface area contributed by atoms with Crippen molar-refractivity contribution in [1.82, 2.24) is 18.9 Å². The van der Waals surface area contributed by atoms with Gasteiger partial charge in [-0.3, -0.25) is 0 Å². The van der Waals surface area contributed by atoms with Gasteiger partial charge in [0.05, 0.1) is 0 Å². The lowest BCUT2D eigenvalue weighted by atomic mass is 10.8. The van der Waals surface area contributed by atoms with E-state index in [1.54, 1.807) is 6.20 Å². The predicted octanol–water partition coefficient (Wildman–Crippen LogP) is 1.73. The highest BCUT2D eigenvalue weighted by molar-refractivity contribution is 8.00. The van der Waals surface area contributed by atoms with Crippen LogP contribution < -0.4 is 0 Å². The van der Waals surface area contributed by atoms with E-state index in [-0.39, 0.29) is 0 Å². The molecule has 0 fully saturated rings. The number of aromatic nitrogens is 4.